The van der Waals surface area contributed by atoms with Gasteiger partial charge in [0.25, 0.3) is 10.0 Å². The molecule has 0 saturated heterocycles. The zero-order valence-corrected chi connectivity index (χ0v) is 12.6. The summed E-state index contributed by atoms with van der Waals surface area (Å²) in [4.78, 5) is 4.06. The van der Waals surface area contributed by atoms with E-state index in [0.29, 0.717) is 16.3 Å². The highest BCUT2D eigenvalue weighted by Crippen LogP contribution is 2.24. The maximum Gasteiger partial charge on any atom is 0.263 e. The lowest BCUT2D eigenvalue weighted by Crippen LogP contribution is -2.16. The lowest BCUT2D eigenvalue weighted by Gasteiger charge is -2.12. The third-order valence-corrected chi connectivity index (χ3v) is 4.60. The van der Waals surface area contributed by atoms with Gasteiger partial charge in [0.15, 0.2) is 0 Å². The number of nitrogens with two attached hydrogens (primary N) is 1. The number of aryl methyl sites for hydroxylation is 1. The van der Waals surface area contributed by atoms with Gasteiger partial charge in [0, 0.05) is 11.9 Å². The minimum atomic E-state index is -3.74. The Kier molecular flexibility index (Phi) is 3.87. The number of aromatic nitrogens is 1. The molecule has 1 heterocycles. The van der Waals surface area contributed by atoms with Crippen LogP contribution < -0.4 is 10.5 Å². The van der Waals surface area contributed by atoms with Crippen LogP contribution in [0, 0.1) is 13.8 Å². The van der Waals surface area contributed by atoms with Gasteiger partial charge in [0.2, 0.25) is 0 Å². The first-order chi connectivity index (χ1) is 9.29. The number of rotatable bonds is 3. The van der Waals surface area contributed by atoms with Crippen molar-refractivity contribution in [1.82, 2.24) is 4.98 Å². The first kappa shape index (κ1) is 14.6. The molecule has 1 aromatic carbocycles. The Bertz CT molecular complexity index is 743. The molecule has 0 aliphatic carbocycles. The Balaban J connectivity index is 2.43. The molecule has 0 aliphatic heterocycles. The van der Waals surface area contributed by atoms with Crippen LogP contribution in [0.2, 0.25) is 5.02 Å². The van der Waals surface area contributed by atoms with Crippen molar-refractivity contribution in [3.05, 3.63) is 46.6 Å². The zero-order chi connectivity index (χ0) is 14.9. The first-order valence-corrected chi connectivity index (χ1v) is 7.67. The summed E-state index contributed by atoms with van der Waals surface area (Å²) >= 11 is 5.71. The molecule has 3 N–H and O–H groups in total. The summed E-state index contributed by atoms with van der Waals surface area (Å²) in [7, 11) is -3.74. The molecule has 0 fully saturated rings. The molecule has 5 nitrogen and oxygen atoms in total. The number of nitrogen functional groups attached to an aromatic ring is 1. The van der Waals surface area contributed by atoms with Crippen molar-refractivity contribution >= 4 is 33.1 Å². The fraction of sp³-hybridized carbons (Fsp3) is 0.154. The molecule has 0 amide bonds. The van der Waals surface area contributed by atoms with Gasteiger partial charge in [-0.25, -0.2) is 13.4 Å². The predicted molar refractivity (Wildman–Crippen MR) is 80.4 cm³/mol. The van der Waals surface area contributed by atoms with E-state index in [4.69, 9.17) is 17.3 Å². The van der Waals surface area contributed by atoms with Gasteiger partial charge in [0.05, 0.1) is 9.92 Å². The minimum Gasteiger partial charge on any atom is -0.399 e. The molecule has 0 unspecified atom stereocenters. The van der Waals surface area contributed by atoms with Crippen LogP contribution in [0.5, 0.6) is 0 Å². The topological polar surface area (TPSA) is 85.1 Å². The number of halogens is 1. The van der Waals surface area contributed by atoms with Gasteiger partial charge in [-0.15, -0.1) is 0 Å². The van der Waals surface area contributed by atoms with E-state index in [1.807, 2.05) is 6.92 Å². The van der Waals surface area contributed by atoms with Crippen LogP contribution >= 0.6 is 11.6 Å². The Morgan fingerprint density at radius 3 is 2.55 bits per heavy atom. The van der Waals surface area contributed by atoms with E-state index < -0.39 is 10.0 Å². The molecule has 0 saturated carbocycles. The number of sulfonamides is 1. The Labute approximate surface area is 122 Å². The van der Waals surface area contributed by atoms with E-state index in [2.05, 4.69) is 9.71 Å². The van der Waals surface area contributed by atoms with Crippen molar-refractivity contribution < 1.29 is 8.42 Å². The molecule has 0 radical (unpaired) electrons. The number of nitrogens with one attached hydrogen (secondary N) is 1. The Hall–Kier alpha value is -1.79. The van der Waals surface area contributed by atoms with Crippen molar-refractivity contribution in [2.45, 2.75) is 18.7 Å². The van der Waals surface area contributed by atoms with Gasteiger partial charge in [-0.05, 0) is 49.2 Å². The molecular formula is C13H14ClN3O2S. The van der Waals surface area contributed by atoms with Crippen molar-refractivity contribution in [3.8, 4) is 0 Å². The third kappa shape index (κ3) is 3.02. The summed E-state index contributed by atoms with van der Waals surface area (Å²) in [6.07, 6.45) is 1.37. The lowest BCUT2D eigenvalue weighted by molar-refractivity contribution is 0.600. The SMILES string of the molecule is Cc1cc(N)cc(S(=O)(=O)Nc2ccc(Cl)cn2)c1C. The average molecular weight is 312 g/mol. The maximum atomic E-state index is 12.4. The largest absolute Gasteiger partial charge is 0.399 e. The van der Waals surface area contributed by atoms with Crippen molar-refractivity contribution in [3.63, 3.8) is 0 Å². The normalized spacial score (nSPS) is 11.3. The second-order valence-corrected chi connectivity index (χ2v) is 6.52. The molecule has 7 heteroatoms. The first-order valence-electron chi connectivity index (χ1n) is 5.81. The minimum absolute atomic E-state index is 0.145. The quantitative estimate of drug-likeness (QED) is 0.853. The van der Waals surface area contributed by atoms with Crippen molar-refractivity contribution in [2.75, 3.05) is 10.5 Å². The van der Waals surface area contributed by atoms with Crippen LogP contribution in [-0.4, -0.2) is 13.4 Å². The molecule has 0 spiro atoms. The van der Waals surface area contributed by atoms with E-state index in [-0.39, 0.29) is 10.7 Å². The fourth-order valence-electron chi connectivity index (χ4n) is 1.76. The van der Waals surface area contributed by atoms with Crippen LogP contribution in [0.25, 0.3) is 0 Å². The van der Waals surface area contributed by atoms with Crippen molar-refractivity contribution in [1.29, 1.82) is 0 Å². The van der Waals surface area contributed by atoms with Crippen LogP contribution in [0.3, 0.4) is 0 Å². The Morgan fingerprint density at radius 1 is 1.25 bits per heavy atom. The zero-order valence-electron chi connectivity index (χ0n) is 11.0. The molecule has 106 valence electrons. The Morgan fingerprint density at radius 2 is 1.95 bits per heavy atom. The summed E-state index contributed by atoms with van der Waals surface area (Å²) in [5.41, 5.74) is 7.58. The van der Waals surface area contributed by atoms with Crippen LogP contribution in [0.1, 0.15) is 11.1 Å². The molecular weight excluding hydrogens is 298 g/mol. The molecule has 2 aromatic rings. The number of pyridine rings is 1. The van der Waals surface area contributed by atoms with Crippen LogP contribution in [0.15, 0.2) is 35.4 Å². The number of nitrogens with zero attached hydrogens (tertiary/aromatic N) is 1. The van der Waals surface area contributed by atoms with E-state index in [0.717, 1.165) is 5.56 Å². The second kappa shape index (κ2) is 5.30. The molecule has 20 heavy (non-hydrogen) atoms. The fourth-order valence-corrected chi connectivity index (χ4v) is 3.23. The van der Waals surface area contributed by atoms with E-state index in [1.165, 1.54) is 18.3 Å². The standard InChI is InChI=1S/C13H14ClN3O2S/c1-8-5-11(15)6-12(9(8)2)20(18,19)17-13-4-3-10(14)7-16-13/h3-7H,15H2,1-2H3,(H,16,17). The highest BCUT2D eigenvalue weighted by molar-refractivity contribution is 7.92. The van der Waals surface area contributed by atoms with E-state index >= 15 is 0 Å². The van der Waals surface area contributed by atoms with Gasteiger partial charge < -0.3 is 5.73 Å². The smallest absolute Gasteiger partial charge is 0.263 e. The van der Waals surface area contributed by atoms with E-state index in [9.17, 15) is 8.42 Å². The average Bonchev–Trinajstić information content (AvgIpc) is 2.36. The van der Waals surface area contributed by atoms with Crippen molar-refractivity contribution in [2.24, 2.45) is 0 Å². The molecule has 0 atom stereocenters. The van der Waals surface area contributed by atoms with Gasteiger partial charge in [-0.2, -0.15) is 0 Å². The molecule has 0 bridgehead atoms. The molecule has 1 aromatic heterocycles. The van der Waals surface area contributed by atoms with Gasteiger partial charge in [-0.3, -0.25) is 4.72 Å². The maximum absolute atomic E-state index is 12.4. The second-order valence-electron chi connectivity index (χ2n) is 4.43. The monoisotopic (exact) mass is 311 g/mol. The summed E-state index contributed by atoms with van der Waals surface area (Å²) in [5.74, 6) is 0.203. The highest BCUT2D eigenvalue weighted by atomic mass is 35.5. The van der Waals surface area contributed by atoms with Gasteiger partial charge >= 0.3 is 0 Å². The number of anilines is 2. The summed E-state index contributed by atoms with van der Waals surface area (Å²) in [6.45, 7) is 3.55. The summed E-state index contributed by atoms with van der Waals surface area (Å²) in [6, 6.07) is 6.22. The van der Waals surface area contributed by atoms with Crippen LogP contribution in [0.4, 0.5) is 11.5 Å². The number of hydrogen-bond acceptors (Lipinski definition) is 4. The van der Waals surface area contributed by atoms with Gasteiger partial charge in [-0.1, -0.05) is 11.6 Å². The molecule has 0 aliphatic rings. The summed E-state index contributed by atoms with van der Waals surface area (Å²) in [5, 5.41) is 0.434. The molecule has 2 rings (SSSR count). The number of hydrogen-bond donors (Lipinski definition) is 2. The lowest BCUT2D eigenvalue weighted by atomic mass is 10.1. The highest BCUT2D eigenvalue weighted by Gasteiger charge is 2.19. The van der Waals surface area contributed by atoms with Gasteiger partial charge in [0.1, 0.15) is 5.82 Å². The van der Waals surface area contributed by atoms with E-state index in [1.54, 1.807) is 19.1 Å². The third-order valence-electron chi connectivity index (χ3n) is 2.90. The summed E-state index contributed by atoms with van der Waals surface area (Å²) < 4.78 is 27.1. The predicted octanol–water partition coefficient (Wildman–Crippen LogP) is 2.73. The van der Waals surface area contributed by atoms with Crippen LogP contribution in [-0.2, 0) is 10.0 Å². The number of benzene rings is 1.